The molecule has 1 saturated heterocycles. The number of amides is 1. The zero-order chi connectivity index (χ0) is 19.9. The number of halogens is 3. The molecule has 4 nitrogen and oxygen atoms in total. The first-order valence-electron chi connectivity index (χ1n) is 9.24. The number of nitrogens with zero attached hydrogens (tertiary/aromatic N) is 2. The molecule has 0 spiro atoms. The molecule has 7 heteroatoms. The SMILES string of the molecule is Cc1ccc2nc(C3CCN(C(=O)c4ccc(C(F)(F)F)cc4)CC3)[nH]c2c1. The summed E-state index contributed by atoms with van der Waals surface area (Å²) in [5.41, 5.74) is 2.65. The van der Waals surface area contributed by atoms with Gasteiger partial charge in [-0.25, -0.2) is 4.98 Å². The molecular weight excluding hydrogens is 367 g/mol. The Hall–Kier alpha value is -2.83. The van der Waals surface area contributed by atoms with Crippen molar-refractivity contribution in [1.82, 2.24) is 14.9 Å². The zero-order valence-corrected chi connectivity index (χ0v) is 15.4. The third-order valence-corrected chi connectivity index (χ3v) is 5.28. The zero-order valence-electron chi connectivity index (χ0n) is 15.4. The van der Waals surface area contributed by atoms with Gasteiger partial charge in [0.05, 0.1) is 16.6 Å². The highest BCUT2D eigenvalue weighted by Gasteiger charge is 2.31. The average Bonchev–Trinajstić information content (AvgIpc) is 3.10. The van der Waals surface area contributed by atoms with Crippen molar-refractivity contribution < 1.29 is 18.0 Å². The number of carbonyl (C=O) groups is 1. The summed E-state index contributed by atoms with van der Waals surface area (Å²) in [7, 11) is 0. The fourth-order valence-corrected chi connectivity index (χ4v) is 3.68. The van der Waals surface area contributed by atoms with Gasteiger partial charge < -0.3 is 9.88 Å². The number of imidazole rings is 1. The smallest absolute Gasteiger partial charge is 0.342 e. The van der Waals surface area contributed by atoms with E-state index >= 15 is 0 Å². The molecule has 0 unspecified atom stereocenters. The van der Waals surface area contributed by atoms with Crippen molar-refractivity contribution in [2.24, 2.45) is 0 Å². The fraction of sp³-hybridized carbons (Fsp3) is 0.333. The van der Waals surface area contributed by atoms with Crippen LogP contribution in [0.25, 0.3) is 11.0 Å². The van der Waals surface area contributed by atoms with E-state index in [1.54, 1.807) is 4.90 Å². The monoisotopic (exact) mass is 387 g/mol. The lowest BCUT2D eigenvalue weighted by atomic mass is 9.95. The van der Waals surface area contributed by atoms with Gasteiger partial charge in [-0.2, -0.15) is 13.2 Å². The van der Waals surface area contributed by atoms with Gasteiger partial charge in [-0.05, 0) is 61.7 Å². The number of hydrogen-bond donors (Lipinski definition) is 1. The molecule has 1 N–H and O–H groups in total. The van der Waals surface area contributed by atoms with Crippen molar-refractivity contribution in [3.63, 3.8) is 0 Å². The summed E-state index contributed by atoms with van der Waals surface area (Å²) in [6.45, 7) is 3.15. The molecule has 1 aromatic heterocycles. The molecule has 4 rings (SSSR count). The van der Waals surface area contributed by atoms with Gasteiger partial charge in [0.25, 0.3) is 5.91 Å². The number of rotatable bonds is 2. The number of aromatic nitrogens is 2. The Labute approximate surface area is 160 Å². The number of nitrogens with one attached hydrogen (secondary N) is 1. The molecule has 0 bridgehead atoms. The summed E-state index contributed by atoms with van der Waals surface area (Å²) in [4.78, 5) is 22.4. The molecule has 1 aliphatic heterocycles. The van der Waals surface area contributed by atoms with Crippen molar-refractivity contribution >= 4 is 16.9 Å². The first-order chi connectivity index (χ1) is 13.3. The summed E-state index contributed by atoms with van der Waals surface area (Å²) in [5.74, 6) is 0.944. The third-order valence-electron chi connectivity index (χ3n) is 5.28. The number of aromatic amines is 1. The third kappa shape index (κ3) is 3.61. The van der Waals surface area contributed by atoms with E-state index in [9.17, 15) is 18.0 Å². The second-order valence-corrected chi connectivity index (χ2v) is 7.28. The lowest BCUT2D eigenvalue weighted by Gasteiger charge is -2.31. The number of carbonyl (C=O) groups excluding carboxylic acids is 1. The van der Waals surface area contributed by atoms with E-state index in [-0.39, 0.29) is 17.4 Å². The van der Waals surface area contributed by atoms with Crippen molar-refractivity contribution in [3.05, 3.63) is 65.0 Å². The lowest BCUT2D eigenvalue weighted by Crippen LogP contribution is -2.38. The summed E-state index contributed by atoms with van der Waals surface area (Å²) < 4.78 is 38.0. The maximum absolute atomic E-state index is 12.7. The van der Waals surface area contributed by atoms with Gasteiger partial charge in [0.15, 0.2) is 0 Å². The maximum atomic E-state index is 12.7. The normalized spacial score (nSPS) is 15.9. The van der Waals surface area contributed by atoms with E-state index in [1.165, 1.54) is 17.7 Å². The van der Waals surface area contributed by atoms with Crippen LogP contribution in [0.15, 0.2) is 42.5 Å². The van der Waals surface area contributed by atoms with Crippen LogP contribution in [0.4, 0.5) is 13.2 Å². The van der Waals surface area contributed by atoms with Crippen LogP contribution in [0.5, 0.6) is 0 Å². The van der Waals surface area contributed by atoms with Crippen molar-refractivity contribution in [3.8, 4) is 0 Å². The average molecular weight is 387 g/mol. The van der Waals surface area contributed by atoms with Crippen LogP contribution in [-0.4, -0.2) is 33.9 Å². The van der Waals surface area contributed by atoms with Gasteiger partial charge in [0.2, 0.25) is 0 Å². The first-order valence-corrected chi connectivity index (χ1v) is 9.24. The fourth-order valence-electron chi connectivity index (χ4n) is 3.68. The van der Waals surface area contributed by atoms with Gasteiger partial charge in [-0.3, -0.25) is 4.79 Å². The summed E-state index contributed by atoms with van der Waals surface area (Å²) in [6.07, 6.45) is -2.86. The Morgan fingerprint density at radius 1 is 1.11 bits per heavy atom. The minimum atomic E-state index is -4.40. The Bertz CT molecular complexity index is 1000. The highest BCUT2D eigenvalue weighted by atomic mass is 19.4. The molecule has 1 amide bonds. The van der Waals surface area contributed by atoms with Crippen LogP contribution < -0.4 is 0 Å². The topological polar surface area (TPSA) is 49.0 Å². The minimum Gasteiger partial charge on any atom is -0.342 e. The Balaban J connectivity index is 1.42. The highest BCUT2D eigenvalue weighted by Crippen LogP contribution is 2.31. The van der Waals surface area contributed by atoms with Crippen LogP contribution in [0.1, 0.15) is 46.1 Å². The van der Waals surface area contributed by atoms with Crippen LogP contribution in [0, 0.1) is 6.92 Å². The van der Waals surface area contributed by atoms with Gasteiger partial charge in [0.1, 0.15) is 5.82 Å². The minimum absolute atomic E-state index is 0.229. The van der Waals surface area contributed by atoms with Gasteiger partial charge in [-0.1, -0.05) is 6.07 Å². The van der Waals surface area contributed by atoms with Gasteiger partial charge in [0, 0.05) is 24.6 Å². The number of H-pyrrole nitrogens is 1. The second-order valence-electron chi connectivity index (χ2n) is 7.28. The van der Waals surface area contributed by atoms with Crippen LogP contribution in [-0.2, 0) is 6.18 Å². The van der Waals surface area contributed by atoms with Gasteiger partial charge in [-0.15, -0.1) is 0 Å². The van der Waals surface area contributed by atoms with Crippen molar-refractivity contribution in [2.75, 3.05) is 13.1 Å². The molecular formula is C21H20F3N3O. The van der Waals surface area contributed by atoms with Crippen molar-refractivity contribution in [1.29, 1.82) is 0 Å². The molecule has 0 radical (unpaired) electrons. The number of benzene rings is 2. The number of likely N-dealkylation sites (tertiary alicyclic amines) is 1. The summed E-state index contributed by atoms with van der Waals surface area (Å²) >= 11 is 0. The maximum Gasteiger partial charge on any atom is 0.416 e. The Morgan fingerprint density at radius 2 is 1.79 bits per heavy atom. The lowest BCUT2D eigenvalue weighted by molar-refractivity contribution is -0.137. The van der Waals surface area contributed by atoms with Crippen LogP contribution in [0.2, 0.25) is 0 Å². The van der Waals surface area contributed by atoms with E-state index < -0.39 is 11.7 Å². The molecule has 0 saturated carbocycles. The van der Waals surface area contributed by atoms with E-state index in [0.717, 1.165) is 41.8 Å². The molecule has 3 aromatic rings. The van der Waals surface area contributed by atoms with E-state index in [2.05, 4.69) is 16.0 Å². The standard InChI is InChI=1S/C21H20F3N3O/c1-13-2-7-17-18(12-13)26-19(25-17)14-8-10-27(11-9-14)20(28)15-3-5-16(6-4-15)21(22,23)24/h2-7,12,14H,8-11H2,1H3,(H,25,26). The summed E-state index contributed by atoms with van der Waals surface area (Å²) in [5, 5.41) is 0. The number of hydrogen-bond acceptors (Lipinski definition) is 2. The molecule has 28 heavy (non-hydrogen) atoms. The van der Waals surface area contributed by atoms with E-state index in [0.29, 0.717) is 13.1 Å². The first kappa shape index (κ1) is 18.5. The summed E-state index contributed by atoms with van der Waals surface area (Å²) in [6, 6.07) is 10.5. The predicted molar refractivity (Wildman–Crippen MR) is 100 cm³/mol. The second kappa shape index (κ2) is 6.96. The van der Waals surface area contributed by atoms with Crippen LogP contribution >= 0.6 is 0 Å². The van der Waals surface area contributed by atoms with Crippen molar-refractivity contribution in [2.45, 2.75) is 31.9 Å². The number of fused-ring (bicyclic) bond motifs is 1. The number of piperidine rings is 1. The molecule has 0 aliphatic carbocycles. The van der Waals surface area contributed by atoms with E-state index in [4.69, 9.17) is 0 Å². The molecule has 1 fully saturated rings. The molecule has 2 aromatic carbocycles. The van der Waals surface area contributed by atoms with Crippen LogP contribution in [0.3, 0.4) is 0 Å². The Kier molecular flexibility index (Phi) is 4.61. The number of alkyl halides is 3. The molecule has 2 heterocycles. The highest BCUT2D eigenvalue weighted by molar-refractivity contribution is 5.94. The number of aryl methyl sites for hydroxylation is 1. The molecule has 0 atom stereocenters. The predicted octanol–water partition coefficient (Wildman–Crippen LogP) is 4.91. The molecule has 146 valence electrons. The molecule has 1 aliphatic rings. The quantitative estimate of drug-likeness (QED) is 0.679. The van der Waals surface area contributed by atoms with Gasteiger partial charge >= 0.3 is 6.18 Å². The Morgan fingerprint density at radius 3 is 2.43 bits per heavy atom. The van der Waals surface area contributed by atoms with E-state index in [1.807, 2.05) is 19.1 Å². The largest absolute Gasteiger partial charge is 0.416 e.